The molecule has 0 amide bonds. The number of hydrogen-bond donors (Lipinski definition) is 0. The molecule has 0 saturated carbocycles. The van der Waals surface area contributed by atoms with Crippen LogP contribution < -0.4 is 0 Å². The van der Waals surface area contributed by atoms with Crippen molar-refractivity contribution in [2.45, 2.75) is 32.9 Å². The summed E-state index contributed by atoms with van der Waals surface area (Å²) in [5, 5.41) is 7.87. The molecule has 2 aromatic rings. The Morgan fingerprint density at radius 3 is 2.86 bits per heavy atom. The molecule has 0 spiro atoms. The molecule has 2 aliphatic heterocycles. The maximum atomic E-state index is 14.2. The van der Waals surface area contributed by atoms with Crippen LogP contribution in [-0.2, 0) is 11.3 Å². The minimum atomic E-state index is -0.690. The first-order chi connectivity index (χ1) is 13.9. The Morgan fingerprint density at radius 2 is 2.14 bits per heavy atom. The van der Waals surface area contributed by atoms with Crippen LogP contribution in [-0.4, -0.2) is 42.1 Å². The van der Waals surface area contributed by atoms with E-state index >= 15 is 0 Å². The van der Waals surface area contributed by atoms with Gasteiger partial charge in [-0.05, 0) is 38.5 Å². The van der Waals surface area contributed by atoms with Crippen LogP contribution in [0, 0.1) is 25.5 Å². The molecule has 1 fully saturated rings. The molecule has 29 heavy (non-hydrogen) atoms. The number of hydrogen-bond acceptors (Lipinski definition) is 5. The summed E-state index contributed by atoms with van der Waals surface area (Å²) < 4.78 is 40.4. The van der Waals surface area contributed by atoms with Crippen LogP contribution in [0.25, 0.3) is 5.70 Å². The molecule has 1 unspecified atom stereocenters. The molecular weight excluding hydrogens is 378 g/mol. The van der Waals surface area contributed by atoms with Crippen molar-refractivity contribution < 1.29 is 22.6 Å². The Hall–Kier alpha value is -2.71. The summed E-state index contributed by atoms with van der Waals surface area (Å²) in [5.41, 5.74) is 2.24. The predicted molar refractivity (Wildman–Crippen MR) is 103 cm³/mol. The lowest BCUT2D eigenvalue weighted by molar-refractivity contribution is -0.479. The van der Waals surface area contributed by atoms with E-state index < -0.39 is 11.6 Å². The molecule has 1 saturated heterocycles. The van der Waals surface area contributed by atoms with Gasteiger partial charge in [-0.3, -0.25) is 4.90 Å². The van der Waals surface area contributed by atoms with Crippen LogP contribution in [0.2, 0.25) is 0 Å². The zero-order chi connectivity index (χ0) is 20.5. The Kier molecular flexibility index (Phi) is 5.38. The monoisotopic (exact) mass is 401 g/mol. The van der Waals surface area contributed by atoms with Gasteiger partial charge in [-0.25, -0.2) is 8.78 Å². The largest absolute Gasteiger partial charge is 0.466 e. The van der Waals surface area contributed by atoms with Gasteiger partial charge < -0.3 is 9.15 Å². The highest BCUT2D eigenvalue weighted by Gasteiger charge is 2.32. The zero-order valence-corrected chi connectivity index (χ0v) is 16.5. The van der Waals surface area contributed by atoms with Crippen molar-refractivity contribution in [1.29, 1.82) is 0 Å². The van der Waals surface area contributed by atoms with Crippen molar-refractivity contribution in [2.75, 3.05) is 19.7 Å². The average molecular weight is 401 g/mol. The van der Waals surface area contributed by atoms with E-state index in [1.54, 1.807) is 0 Å². The van der Waals surface area contributed by atoms with Crippen molar-refractivity contribution in [3.8, 4) is 0 Å². The third kappa shape index (κ3) is 4.18. The first kappa shape index (κ1) is 19.6. The SMILES string of the molecule is C=[N+]1N=NC(c2ccc(F)cc2F)=C1COC1CCN(Cc2cc(C)oc2C)C1. The molecule has 0 bridgehead atoms. The van der Waals surface area contributed by atoms with Gasteiger partial charge in [-0.1, -0.05) is 0 Å². The molecule has 6 nitrogen and oxygen atoms in total. The molecule has 1 aromatic carbocycles. The third-order valence-electron chi connectivity index (χ3n) is 5.25. The van der Waals surface area contributed by atoms with E-state index in [1.807, 2.05) is 13.8 Å². The molecule has 3 heterocycles. The number of nitrogens with zero attached hydrogens (tertiary/aromatic N) is 4. The summed E-state index contributed by atoms with van der Waals surface area (Å²) in [4.78, 5) is 2.32. The molecule has 1 atom stereocenters. The number of furan rings is 1. The standard InChI is InChI=1S/C21H23F2N4O2/c1-13-8-15(14(2)29-13)10-27-7-6-17(11-27)28-12-20-21(24-25-26(20)3)18-5-4-16(22)9-19(18)23/h4-5,8-9,17H,3,6-7,10-12H2,1-2H3/q+1. The smallest absolute Gasteiger partial charge is 0.260 e. The fraction of sp³-hybridized carbons (Fsp3) is 0.381. The highest BCUT2D eigenvalue weighted by molar-refractivity contribution is 5.67. The molecular formula is C21H23F2N4O2+. The van der Waals surface area contributed by atoms with Gasteiger partial charge in [0, 0.05) is 31.3 Å². The number of ether oxygens (including phenoxy) is 1. The second-order valence-electron chi connectivity index (χ2n) is 7.40. The van der Waals surface area contributed by atoms with Gasteiger partial charge >= 0.3 is 0 Å². The molecule has 8 heteroatoms. The zero-order valence-electron chi connectivity index (χ0n) is 16.5. The van der Waals surface area contributed by atoms with Crippen molar-refractivity contribution in [3.05, 3.63) is 64.2 Å². The predicted octanol–water partition coefficient (Wildman–Crippen LogP) is 4.23. The van der Waals surface area contributed by atoms with Crippen LogP contribution >= 0.6 is 0 Å². The fourth-order valence-electron chi connectivity index (χ4n) is 3.72. The quantitative estimate of drug-likeness (QED) is 0.681. The molecule has 4 rings (SSSR count). The lowest BCUT2D eigenvalue weighted by Crippen LogP contribution is -2.24. The van der Waals surface area contributed by atoms with Crippen LogP contribution in [0.1, 0.15) is 29.1 Å². The summed E-state index contributed by atoms with van der Waals surface area (Å²) in [5.74, 6) is 0.538. The molecule has 1 aromatic heterocycles. The highest BCUT2D eigenvalue weighted by atomic mass is 19.1. The molecule has 152 valence electrons. The van der Waals surface area contributed by atoms with E-state index in [9.17, 15) is 8.78 Å². The number of halogens is 2. The minimum absolute atomic E-state index is 0.0455. The summed E-state index contributed by atoms with van der Waals surface area (Å²) in [7, 11) is 0. The second kappa shape index (κ2) is 7.96. The van der Waals surface area contributed by atoms with Crippen LogP contribution in [0.4, 0.5) is 8.78 Å². The number of rotatable bonds is 6. The topological polar surface area (TPSA) is 53.3 Å². The van der Waals surface area contributed by atoms with E-state index in [1.165, 1.54) is 22.4 Å². The molecule has 0 N–H and O–H groups in total. The third-order valence-corrected chi connectivity index (χ3v) is 5.25. The van der Waals surface area contributed by atoms with E-state index in [2.05, 4.69) is 28.0 Å². The van der Waals surface area contributed by atoms with Crippen LogP contribution in [0.3, 0.4) is 0 Å². The number of benzene rings is 1. The van der Waals surface area contributed by atoms with E-state index in [0.29, 0.717) is 11.4 Å². The van der Waals surface area contributed by atoms with Crippen LogP contribution in [0.15, 0.2) is 44.7 Å². The average Bonchev–Trinajstić information content (AvgIpc) is 3.34. The number of aryl methyl sites for hydroxylation is 2. The van der Waals surface area contributed by atoms with Crippen molar-refractivity contribution in [2.24, 2.45) is 10.3 Å². The van der Waals surface area contributed by atoms with Gasteiger partial charge in [0.25, 0.3) is 5.70 Å². The molecule has 0 aliphatic carbocycles. The fourth-order valence-corrected chi connectivity index (χ4v) is 3.72. The van der Waals surface area contributed by atoms with Gasteiger partial charge in [-0.2, -0.15) is 0 Å². The number of likely N-dealkylation sites (tertiary alicyclic amines) is 1. The summed E-state index contributed by atoms with van der Waals surface area (Å²) in [6.45, 7) is 10.5. The maximum Gasteiger partial charge on any atom is 0.260 e. The maximum absolute atomic E-state index is 14.2. The Morgan fingerprint density at radius 1 is 1.31 bits per heavy atom. The Balaban J connectivity index is 1.40. The summed E-state index contributed by atoms with van der Waals surface area (Å²) >= 11 is 0. The van der Waals surface area contributed by atoms with Crippen molar-refractivity contribution >= 4 is 12.4 Å². The molecule has 2 aliphatic rings. The second-order valence-corrected chi connectivity index (χ2v) is 7.40. The Labute approximate surface area is 167 Å². The summed E-state index contributed by atoms with van der Waals surface area (Å²) in [6, 6.07) is 5.45. The van der Waals surface area contributed by atoms with E-state index in [-0.39, 0.29) is 18.3 Å². The first-order valence-electron chi connectivity index (χ1n) is 9.51. The first-order valence-corrected chi connectivity index (χ1v) is 9.51. The van der Waals surface area contributed by atoms with Crippen LogP contribution in [0.5, 0.6) is 0 Å². The van der Waals surface area contributed by atoms with Gasteiger partial charge in [0.2, 0.25) is 5.70 Å². The minimum Gasteiger partial charge on any atom is -0.466 e. The Bertz CT molecular complexity index is 1010. The highest BCUT2D eigenvalue weighted by Crippen LogP contribution is 2.29. The van der Waals surface area contributed by atoms with Gasteiger partial charge in [0.05, 0.1) is 23.5 Å². The normalized spacial score (nSPS) is 19.7. The van der Waals surface area contributed by atoms with E-state index in [0.717, 1.165) is 43.6 Å². The van der Waals surface area contributed by atoms with E-state index in [4.69, 9.17) is 9.15 Å². The van der Waals surface area contributed by atoms with Gasteiger partial charge in [0.15, 0.2) is 0 Å². The van der Waals surface area contributed by atoms with Gasteiger partial charge in [0.1, 0.15) is 35.0 Å². The van der Waals surface area contributed by atoms with Crippen molar-refractivity contribution in [1.82, 2.24) is 4.90 Å². The molecule has 0 radical (unpaired) electrons. The summed E-state index contributed by atoms with van der Waals surface area (Å²) in [6.07, 6.45) is 0.943. The lowest BCUT2D eigenvalue weighted by atomic mass is 10.1. The van der Waals surface area contributed by atoms with Gasteiger partial charge in [-0.15, -0.1) is 4.68 Å². The lowest BCUT2D eigenvalue weighted by Gasteiger charge is -2.15. The van der Waals surface area contributed by atoms with Crippen molar-refractivity contribution in [3.63, 3.8) is 0 Å².